The van der Waals surface area contributed by atoms with Gasteiger partial charge in [0.25, 0.3) is 15.9 Å². The molecule has 208 valence electrons. The summed E-state index contributed by atoms with van der Waals surface area (Å²) in [6.07, 6.45) is 0.674. The Morgan fingerprint density at radius 1 is 0.900 bits per heavy atom. The number of hydrogen-bond acceptors (Lipinski definition) is 4. The van der Waals surface area contributed by atoms with Gasteiger partial charge in [-0.25, -0.2) is 8.42 Å². The fourth-order valence-corrected chi connectivity index (χ4v) is 5.89. The summed E-state index contributed by atoms with van der Waals surface area (Å²) in [5.41, 5.74) is 1.22. The average molecular weight is 598 g/mol. The minimum Gasteiger partial charge on any atom is -0.456 e. The number of sulfonamides is 1. The topological polar surface area (TPSA) is 84.5 Å². The van der Waals surface area contributed by atoms with E-state index < -0.39 is 15.9 Å². The van der Waals surface area contributed by atoms with Crippen LogP contribution >= 0.6 is 23.2 Å². The van der Waals surface area contributed by atoms with Crippen LogP contribution in [-0.2, 0) is 15.4 Å². The monoisotopic (exact) mass is 596 g/mol. The number of halogens is 2. The molecule has 0 saturated heterocycles. The van der Waals surface area contributed by atoms with Crippen LogP contribution in [0.25, 0.3) is 0 Å². The van der Waals surface area contributed by atoms with Crippen molar-refractivity contribution in [3.8, 4) is 11.5 Å². The van der Waals surface area contributed by atoms with Crippen molar-refractivity contribution in [2.75, 3.05) is 4.72 Å². The number of amides is 1. The van der Waals surface area contributed by atoms with Crippen LogP contribution in [-0.4, -0.2) is 20.4 Å². The van der Waals surface area contributed by atoms with Gasteiger partial charge in [-0.15, -0.1) is 0 Å². The van der Waals surface area contributed by atoms with E-state index >= 15 is 0 Å². The Kier molecular flexibility index (Phi) is 9.08. The summed E-state index contributed by atoms with van der Waals surface area (Å²) in [5, 5.41) is 3.74. The largest absolute Gasteiger partial charge is 0.456 e. The molecule has 1 atom stereocenters. The molecule has 0 aliphatic rings. The third kappa shape index (κ3) is 7.36. The lowest BCUT2D eigenvalue weighted by Crippen LogP contribution is -2.37. The van der Waals surface area contributed by atoms with Crippen LogP contribution < -0.4 is 14.8 Å². The van der Waals surface area contributed by atoms with Gasteiger partial charge in [-0.2, -0.15) is 0 Å². The number of benzene rings is 4. The van der Waals surface area contributed by atoms with Gasteiger partial charge in [0, 0.05) is 11.1 Å². The lowest BCUT2D eigenvalue weighted by Gasteiger charge is -2.29. The summed E-state index contributed by atoms with van der Waals surface area (Å²) < 4.78 is 34.7. The predicted molar refractivity (Wildman–Crippen MR) is 161 cm³/mol. The molecule has 4 aromatic rings. The third-order valence-electron chi connectivity index (χ3n) is 6.42. The van der Waals surface area contributed by atoms with E-state index in [0.717, 1.165) is 5.56 Å². The number of rotatable bonds is 10. The molecule has 0 aliphatic carbocycles. The molecular formula is C31H30Cl2N2O4S. The van der Waals surface area contributed by atoms with Gasteiger partial charge in [0.2, 0.25) is 0 Å². The van der Waals surface area contributed by atoms with Crippen molar-refractivity contribution in [2.45, 2.75) is 43.5 Å². The molecule has 0 heterocycles. The van der Waals surface area contributed by atoms with Gasteiger partial charge in [-0.3, -0.25) is 9.52 Å². The lowest BCUT2D eigenvalue weighted by molar-refractivity contribution is 0.0935. The zero-order valence-corrected chi connectivity index (χ0v) is 24.6. The second-order valence-electron chi connectivity index (χ2n) is 10.1. The third-order valence-corrected chi connectivity index (χ3v) is 8.35. The highest BCUT2D eigenvalue weighted by Gasteiger charge is 2.26. The second-order valence-corrected chi connectivity index (χ2v) is 12.7. The summed E-state index contributed by atoms with van der Waals surface area (Å²) in [6.45, 7) is 6.16. The van der Waals surface area contributed by atoms with E-state index in [2.05, 4.69) is 36.0 Å². The molecule has 9 heteroatoms. The molecule has 6 nitrogen and oxygen atoms in total. The normalized spacial score (nSPS) is 12.4. The number of carbonyl (C=O) groups is 1. The zero-order valence-electron chi connectivity index (χ0n) is 22.3. The number of anilines is 1. The van der Waals surface area contributed by atoms with Crippen LogP contribution in [0.15, 0.2) is 102 Å². The first-order valence-corrected chi connectivity index (χ1v) is 14.9. The van der Waals surface area contributed by atoms with Crippen molar-refractivity contribution < 1.29 is 17.9 Å². The van der Waals surface area contributed by atoms with Crippen molar-refractivity contribution in [3.05, 3.63) is 118 Å². The molecular weight excluding hydrogens is 567 g/mol. The first-order chi connectivity index (χ1) is 18.9. The van der Waals surface area contributed by atoms with Gasteiger partial charge in [-0.05, 0) is 78.9 Å². The van der Waals surface area contributed by atoms with E-state index in [1.807, 2.05) is 25.1 Å². The van der Waals surface area contributed by atoms with Crippen LogP contribution in [0, 0.1) is 0 Å². The Morgan fingerprint density at radius 2 is 1.55 bits per heavy atom. The van der Waals surface area contributed by atoms with E-state index in [1.165, 1.54) is 42.5 Å². The van der Waals surface area contributed by atoms with E-state index in [9.17, 15) is 13.2 Å². The van der Waals surface area contributed by atoms with E-state index in [4.69, 9.17) is 27.9 Å². The summed E-state index contributed by atoms with van der Waals surface area (Å²) in [7, 11) is -4.03. The molecule has 4 aromatic carbocycles. The van der Waals surface area contributed by atoms with Crippen LogP contribution in [0.3, 0.4) is 0 Å². The van der Waals surface area contributed by atoms with Crippen molar-refractivity contribution in [1.82, 2.24) is 5.32 Å². The summed E-state index contributed by atoms with van der Waals surface area (Å²) in [4.78, 5) is 13.3. The maximum atomic E-state index is 13.3. The minimum absolute atomic E-state index is 0.00158. The Morgan fingerprint density at radius 3 is 2.23 bits per heavy atom. The second kappa shape index (κ2) is 12.3. The number of nitrogens with one attached hydrogen (secondary N) is 2. The zero-order chi connectivity index (χ0) is 28.9. The summed E-state index contributed by atoms with van der Waals surface area (Å²) >= 11 is 12.3. The fourth-order valence-electron chi connectivity index (χ4n) is 4.46. The molecule has 0 fully saturated rings. The molecule has 0 spiro atoms. The van der Waals surface area contributed by atoms with Gasteiger partial charge in [0.1, 0.15) is 11.5 Å². The molecule has 0 aromatic heterocycles. The molecule has 2 N–H and O–H groups in total. The molecule has 0 unspecified atom stereocenters. The molecule has 0 bridgehead atoms. The van der Waals surface area contributed by atoms with Gasteiger partial charge in [0.05, 0.1) is 21.2 Å². The van der Waals surface area contributed by atoms with Crippen LogP contribution in [0.4, 0.5) is 5.69 Å². The maximum Gasteiger partial charge on any atom is 0.261 e. The highest BCUT2D eigenvalue weighted by molar-refractivity contribution is 7.92. The summed E-state index contributed by atoms with van der Waals surface area (Å²) in [6, 6.07) is 27.2. The number of hydrogen-bond donors (Lipinski definition) is 2. The number of carbonyl (C=O) groups excluding carboxylic acids is 1. The standard InChI is InChI=1S/C31H30Cl2N2O4S/c1-21(20-31(2,3)22-9-5-4-6-10-22)34-30(36)26-19-23(32)13-18-28(26)35-40(37,38)25-16-14-24(15-17-25)39-29-12-8-7-11-27(29)33/h4-19,21,35H,20H2,1-3H3,(H,34,36)/t21-/m0/s1. The Hall–Kier alpha value is -3.52. The van der Waals surface area contributed by atoms with Gasteiger partial charge in [0.15, 0.2) is 0 Å². The molecule has 1 amide bonds. The molecule has 4 rings (SSSR count). The van der Waals surface area contributed by atoms with Gasteiger partial charge < -0.3 is 10.1 Å². The van der Waals surface area contributed by atoms with E-state index in [-0.39, 0.29) is 27.6 Å². The first-order valence-electron chi connectivity index (χ1n) is 12.7. The quantitative estimate of drug-likeness (QED) is 0.194. The predicted octanol–water partition coefficient (Wildman–Crippen LogP) is 8.07. The highest BCUT2D eigenvalue weighted by atomic mass is 35.5. The lowest BCUT2D eigenvalue weighted by atomic mass is 9.79. The number of ether oxygens (including phenoxy) is 1. The van der Waals surface area contributed by atoms with Crippen molar-refractivity contribution in [3.63, 3.8) is 0 Å². The van der Waals surface area contributed by atoms with E-state index in [0.29, 0.717) is 28.0 Å². The smallest absolute Gasteiger partial charge is 0.261 e. The Balaban J connectivity index is 1.48. The van der Waals surface area contributed by atoms with Crippen LogP contribution in [0.1, 0.15) is 43.1 Å². The SMILES string of the molecule is C[C@@H](CC(C)(C)c1ccccc1)NC(=O)c1cc(Cl)ccc1NS(=O)(=O)c1ccc(Oc2ccccc2Cl)cc1. The Bertz CT molecular complexity index is 1590. The minimum atomic E-state index is -4.03. The Labute approximate surface area is 245 Å². The molecule has 0 saturated carbocycles. The van der Waals surface area contributed by atoms with Crippen molar-refractivity contribution >= 4 is 44.8 Å². The van der Waals surface area contributed by atoms with Crippen LogP contribution in [0.5, 0.6) is 11.5 Å². The van der Waals surface area contributed by atoms with E-state index in [1.54, 1.807) is 24.3 Å². The maximum absolute atomic E-state index is 13.3. The van der Waals surface area contributed by atoms with Gasteiger partial charge in [-0.1, -0.05) is 79.5 Å². The van der Waals surface area contributed by atoms with Crippen LogP contribution in [0.2, 0.25) is 10.0 Å². The highest BCUT2D eigenvalue weighted by Crippen LogP contribution is 2.31. The fraction of sp³-hybridized carbons (Fsp3) is 0.194. The molecule has 40 heavy (non-hydrogen) atoms. The number of para-hydroxylation sites is 1. The van der Waals surface area contributed by atoms with Crippen molar-refractivity contribution in [2.24, 2.45) is 0 Å². The van der Waals surface area contributed by atoms with Crippen molar-refractivity contribution in [1.29, 1.82) is 0 Å². The molecule has 0 radical (unpaired) electrons. The first kappa shape index (κ1) is 29.5. The molecule has 0 aliphatic heterocycles. The average Bonchev–Trinajstić information content (AvgIpc) is 2.91. The summed E-state index contributed by atoms with van der Waals surface area (Å²) in [5.74, 6) is 0.446. The van der Waals surface area contributed by atoms with Gasteiger partial charge >= 0.3 is 0 Å².